The molecule has 8 heteroatoms. The first-order valence-electron chi connectivity index (χ1n) is 6.41. The van der Waals surface area contributed by atoms with Crippen molar-refractivity contribution in [3.05, 3.63) is 16.9 Å². The van der Waals surface area contributed by atoms with Crippen LogP contribution in [0.2, 0.25) is 0 Å². The van der Waals surface area contributed by atoms with Crippen LogP contribution in [0, 0.1) is 0 Å². The summed E-state index contributed by atoms with van der Waals surface area (Å²) in [5.41, 5.74) is 0. The average molecular weight is 281 g/mol. The maximum Gasteiger partial charge on any atom is 0.191 e. The predicted octanol–water partition coefficient (Wildman–Crippen LogP) is 1.35. The lowest BCUT2D eigenvalue weighted by Crippen LogP contribution is -2.21. The van der Waals surface area contributed by atoms with Gasteiger partial charge in [0.2, 0.25) is 0 Å². The van der Waals surface area contributed by atoms with Crippen molar-refractivity contribution in [1.29, 1.82) is 0 Å². The van der Waals surface area contributed by atoms with Gasteiger partial charge < -0.3 is 10.2 Å². The molecule has 0 aliphatic carbocycles. The van der Waals surface area contributed by atoms with Crippen LogP contribution in [0.3, 0.4) is 0 Å². The minimum Gasteiger partial charge on any atom is -0.349 e. The minimum absolute atomic E-state index is 0.0674. The topological polar surface area (TPSA) is 82.6 Å². The molecule has 0 aliphatic rings. The summed E-state index contributed by atoms with van der Waals surface area (Å²) in [7, 11) is 0. The quantitative estimate of drug-likeness (QED) is 0.797. The largest absolute Gasteiger partial charge is 0.349 e. The number of nitrogens with one attached hydrogen (secondary N) is 2. The van der Waals surface area contributed by atoms with E-state index >= 15 is 0 Å². The highest BCUT2D eigenvalue weighted by atomic mass is 32.1. The maximum atomic E-state index is 4.45. The molecule has 0 aromatic carbocycles. The zero-order valence-electron chi connectivity index (χ0n) is 11.4. The van der Waals surface area contributed by atoms with Crippen molar-refractivity contribution in [3.8, 4) is 0 Å². The number of anilines is 1. The number of rotatable bonds is 7. The average Bonchev–Trinajstić information content (AvgIpc) is 3.09. The van der Waals surface area contributed by atoms with Crippen LogP contribution in [0.15, 0.2) is 6.20 Å². The van der Waals surface area contributed by atoms with Crippen molar-refractivity contribution in [2.45, 2.75) is 33.4 Å². The lowest BCUT2D eigenvalue weighted by Gasteiger charge is -2.16. The Kier molecular flexibility index (Phi) is 4.80. The first-order valence-corrected chi connectivity index (χ1v) is 7.22. The zero-order valence-corrected chi connectivity index (χ0v) is 12.2. The van der Waals surface area contributed by atoms with E-state index in [0.29, 0.717) is 5.82 Å². The summed E-state index contributed by atoms with van der Waals surface area (Å²) in [4.78, 5) is 7.91. The van der Waals surface area contributed by atoms with E-state index in [1.807, 2.05) is 13.1 Å². The smallest absolute Gasteiger partial charge is 0.191 e. The molecule has 2 N–H and O–H groups in total. The van der Waals surface area contributed by atoms with Crippen molar-refractivity contribution in [2.75, 3.05) is 18.0 Å². The molecular weight excluding hydrogens is 262 g/mol. The molecule has 0 saturated carbocycles. The van der Waals surface area contributed by atoms with Gasteiger partial charge in [0.1, 0.15) is 0 Å². The highest BCUT2D eigenvalue weighted by Gasteiger charge is 2.11. The molecule has 0 bridgehead atoms. The normalized spacial score (nSPS) is 12.6. The van der Waals surface area contributed by atoms with Gasteiger partial charge in [0, 0.05) is 30.7 Å². The van der Waals surface area contributed by atoms with Gasteiger partial charge in [-0.05, 0) is 20.8 Å². The van der Waals surface area contributed by atoms with E-state index in [4.69, 9.17) is 0 Å². The molecule has 0 spiro atoms. The van der Waals surface area contributed by atoms with Crippen LogP contribution in [0.5, 0.6) is 0 Å². The van der Waals surface area contributed by atoms with Crippen LogP contribution in [0.1, 0.15) is 37.5 Å². The zero-order chi connectivity index (χ0) is 13.7. The van der Waals surface area contributed by atoms with Crippen molar-refractivity contribution >= 4 is 16.5 Å². The molecule has 1 atom stereocenters. The van der Waals surface area contributed by atoms with Crippen LogP contribution in [0.25, 0.3) is 0 Å². The van der Waals surface area contributed by atoms with Crippen molar-refractivity contribution < 1.29 is 0 Å². The second-order valence-electron chi connectivity index (χ2n) is 4.15. The summed E-state index contributed by atoms with van der Waals surface area (Å²) < 4.78 is 0. The molecular formula is C11H19N7S. The summed E-state index contributed by atoms with van der Waals surface area (Å²) >= 11 is 1.72. The number of tetrazole rings is 1. The Bertz CT molecular complexity index is 477. The summed E-state index contributed by atoms with van der Waals surface area (Å²) in [5, 5.41) is 18.4. The standard InChI is InChI=1S/C11H19N7S/c1-4-18(5-2)11-13-7-9(19-11)6-12-8(3)10-14-16-17-15-10/h7-8,12H,4-6H2,1-3H3,(H,14,15,16,17). The molecule has 0 aliphatic heterocycles. The van der Waals surface area contributed by atoms with E-state index in [1.165, 1.54) is 4.88 Å². The third kappa shape index (κ3) is 3.48. The lowest BCUT2D eigenvalue weighted by atomic mass is 10.3. The van der Waals surface area contributed by atoms with Crippen LogP contribution in [-0.4, -0.2) is 38.7 Å². The predicted molar refractivity (Wildman–Crippen MR) is 75.1 cm³/mol. The van der Waals surface area contributed by atoms with Gasteiger partial charge in [-0.2, -0.15) is 5.21 Å². The Morgan fingerprint density at radius 2 is 2.21 bits per heavy atom. The number of hydrogen-bond donors (Lipinski definition) is 2. The number of H-pyrrole nitrogens is 1. The molecule has 19 heavy (non-hydrogen) atoms. The van der Waals surface area contributed by atoms with E-state index in [9.17, 15) is 0 Å². The fraction of sp³-hybridized carbons (Fsp3) is 0.636. The van der Waals surface area contributed by atoms with E-state index in [2.05, 4.69) is 49.7 Å². The van der Waals surface area contributed by atoms with Gasteiger partial charge in [-0.1, -0.05) is 5.21 Å². The molecule has 0 amide bonds. The van der Waals surface area contributed by atoms with Crippen LogP contribution >= 0.6 is 11.3 Å². The highest BCUT2D eigenvalue weighted by Crippen LogP contribution is 2.22. The Morgan fingerprint density at radius 3 is 2.84 bits per heavy atom. The number of hydrogen-bond acceptors (Lipinski definition) is 7. The molecule has 0 radical (unpaired) electrons. The molecule has 1 unspecified atom stereocenters. The van der Waals surface area contributed by atoms with E-state index < -0.39 is 0 Å². The van der Waals surface area contributed by atoms with Crippen LogP contribution in [0.4, 0.5) is 5.13 Å². The lowest BCUT2D eigenvalue weighted by molar-refractivity contribution is 0.550. The monoisotopic (exact) mass is 281 g/mol. The Balaban J connectivity index is 1.90. The SMILES string of the molecule is CCN(CC)c1ncc(CNC(C)c2nn[nH]n2)s1. The van der Waals surface area contributed by atoms with Crippen molar-refractivity contribution in [1.82, 2.24) is 30.9 Å². The molecule has 2 heterocycles. The molecule has 2 rings (SSSR count). The Morgan fingerprint density at radius 1 is 1.42 bits per heavy atom. The van der Waals surface area contributed by atoms with E-state index in [1.54, 1.807) is 11.3 Å². The van der Waals surface area contributed by atoms with Crippen molar-refractivity contribution in [2.24, 2.45) is 0 Å². The van der Waals surface area contributed by atoms with Gasteiger partial charge in [-0.15, -0.1) is 21.5 Å². The first-order chi connectivity index (χ1) is 9.24. The van der Waals surface area contributed by atoms with Gasteiger partial charge in [0.25, 0.3) is 0 Å². The fourth-order valence-electron chi connectivity index (χ4n) is 1.72. The second-order valence-corrected chi connectivity index (χ2v) is 5.25. The molecule has 7 nitrogen and oxygen atoms in total. The van der Waals surface area contributed by atoms with Crippen LogP contribution in [-0.2, 0) is 6.54 Å². The maximum absolute atomic E-state index is 4.45. The molecule has 2 aromatic heterocycles. The Labute approximate surface area is 116 Å². The van der Waals surface area contributed by atoms with Gasteiger partial charge in [-0.25, -0.2) is 4.98 Å². The Hall–Kier alpha value is -1.54. The number of aromatic nitrogens is 5. The number of aromatic amines is 1. The second kappa shape index (κ2) is 6.58. The molecule has 104 valence electrons. The fourth-order valence-corrected chi connectivity index (χ4v) is 2.71. The van der Waals surface area contributed by atoms with E-state index in [-0.39, 0.29) is 6.04 Å². The highest BCUT2D eigenvalue weighted by molar-refractivity contribution is 7.15. The number of nitrogens with zero attached hydrogens (tertiary/aromatic N) is 5. The summed E-state index contributed by atoms with van der Waals surface area (Å²) in [6.45, 7) is 9.01. The van der Waals surface area contributed by atoms with Gasteiger partial charge >= 0.3 is 0 Å². The minimum atomic E-state index is 0.0674. The third-order valence-electron chi connectivity index (χ3n) is 2.91. The molecule has 0 saturated heterocycles. The summed E-state index contributed by atoms with van der Waals surface area (Å²) in [6.07, 6.45) is 1.92. The molecule has 2 aromatic rings. The van der Waals surface area contributed by atoms with Gasteiger partial charge in [0.05, 0.1) is 6.04 Å². The molecule has 0 fully saturated rings. The van der Waals surface area contributed by atoms with E-state index in [0.717, 1.165) is 24.8 Å². The summed E-state index contributed by atoms with van der Waals surface area (Å²) in [6, 6.07) is 0.0674. The summed E-state index contributed by atoms with van der Waals surface area (Å²) in [5.74, 6) is 0.675. The third-order valence-corrected chi connectivity index (χ3v) is 3.96. The van der Waals surface area contributed by atoms with Gasteiger partial charge in [-0.3, -0.25) is 0 Å². The number of thiazole rings is 1. The first kappa shape index (κ1) is 13.9. The van der Waals surface area contributed by atoms with Gasteiger partial charge in [0.15, 0.2) is 11.0 Å². The van der Waals surface area contributed by atoms with Crippen molar-refractivity contribution in [3.63, 3.8) is 0 Å². The van der Waals surface area contributed by atoms with Crippen LogP contribution < -0.4 is 10.2 Å².